The zero-order valence-electron chi connectivity index (χ0n) is 12.3. The molecule has 0 aliphatic heterocycles. The minimum atomic E-state index is 0.635. The van der Waals surface area contributed by atoms with Crippen molar-refractivity contribution in [3.63, 3.8) is 0 Å². The zero-order chi connectivity index (χ0) is 12.9. The third kappa shape index (κ3) is 4.97. The number of hydrogen-bond donors (Lipinski definition) is 2. The van der Waals surface area contributed by atoms with Gasteiger partial charge in [0.05, 0.1) is 0 Å². The largest absolute Gasteiger partial charge is 0.330 e. The van der Waals surface area contributed by atoms with E-state index >= 15 is 0 Å². The third-order valence-corrected chi connectivity index (χ3v) is 4.46. The van der Waals surface area contributed by atoms with Crippen molar-refractivity contribution in [3.05, 3.63) is 0 Å². The summed E-state index contributed by atoms with van der Waals surface area (Å²) in [7, 11) is 0. The average molecular weight is 240 g/mol. The standard InChI is InChI=1S/C15H32N2/c1-12(2)9-14(10-16)5-8-17-11-15(6-7-15)13(3)4/h12-14,17H,5-11,16H2,1-4H3. The van der Waals surface area contributed by atoms with Gasteiger partial charge < -0.3 is 11.1 Å². The van der Waals surface area contributed by atoms with Gasteiger partial charge in [-0.05, 0) is 61.9 Å². The van der Waals surface area contributed by atoms with Gasteiger partial charge in [0.2, 0.25) is 0 Å². The minimum absolute atomic E-state index is 0.635. The second-order valence-electron chi connectivity index (χ2n) is 6.71. The highest BCUT2D eigenvalue weighted by Gasteiger charge is 2.44. The summed E-state index contributed by atoms with van der Waals surface area (Å²) in [5, 5.41) is 3.65. The fourth-order valence-electron chi connectivity index (χ4n) is 2.76. The molecule has 3 N–H and O–H groups in total. The quantitative estimate of drug-likeness (QED) is 0.608. The molecule has 17 heavy (non-hydrogen) atoms. The monoisotopic (exact) mass is 240 g/mol. The zero-order valence-corrected chi connectivity index (χ0v) is 12.3. The number of nitrogens with two attached hydrogens (primary N) is 1. The number of nitrogens with one attached hydrogen (secondary N) is 1. The summed E-state index contributed by atoms with van der Waals surface area (Å²) in [4.78, 5) is 0. The van der Waals surface area contributed by atoms with Crippen LogP contribution in [-0.4, -0.2) is 19.6 Å². The Balaban J connectivity index is 2.10. The van der Waals surface area contributed by atoms with Crippen LogP contribution in [0.15, 0.2) is 0 Å². The van der Waals surface area contributed by atoms with Crippen molar-refractivity contribution in [1.82, 2.24) is 5.32 Å². The lowest BCUT2D eigenvalue weighted by atomic mass is 9.92. The molecule has 0 saturated heterocycles. The topological polar surface area (TPSA) is 38.0 Å². The highest BCUT2D eigenvalue weighted by Crippen LogP contribution is 2.51. The summed E-state index contributed by atoms with van der Waals surface area (Å²) in [6.45, 7) is 12.5. The van der Waals surface area contributed by atoms with Crippen LogP contribution in [-0.2, 0) is 0 Å². The van der Waals surface area contributed by atoms with Gasteiger partial charge in [0.15, 0.2) is 0 Å². The maximum atomic E-state index is 5.82. The van der Waals surface area contributed by atoms with E-state index in [0.717, 1.165) is 24.9 Å². The van der Waals surface area contributed by atoms with Gasteiger partial charge in [-0.2, -0.15) is 0 Å². The smallest absolute Gasteiger partial charge is 0.00103 e. The summed E-state index contributed by atoms with van der Waals surface area (Å²) in [5.74, 6) is 2.31. The van der Waals surface area contributed by atoms with Gasteiger partial charge in [0.1, 0.15) is 0 Å². The molecule has 1 aliphatic rings. The van der Waals surface area contributed by atoms with Gasteiger partial charge in [-0.1, -0.05) is 27.7 Å². The SMILES string of the molecule is CC(C)CC(CN)CCNCC1(C(C)C)CC1. The fourth-order valence-corrected chi connectivity index (χ4v) is 2.76. The predicted molar refractivity (Wildman–Crippen MR) is 76.0 cm³/mol. The van der Waals surface area contributed by atoms with Crippen LogP contribution < -0.4 is 11.1 Å². The third-order valence-electron chi connectivity index (χ3n) is 4.46. The van der Waals surface area contributed by atoms with Gasteiger partial charge in [0, 0.05) is 6.54 Å². The van der Waals surface area contributed by atoms with Crippen LogP contribution in [0.2, 0.25) is 0 Å². The molecule has 1 atom stereocenters. The van der Waals surface area contributed by atoms with Crippen molar-refractivity contribution in [3.8, 4) is 0 Å². The van der Waals surface area contributed by atoms with E-state index in [9.17, 15) is 0 Å². The van der Waals surface area contributed by atoms with Gasteiger partial charge in [-0.15, -0.1) is 0 Å². The van der Waals surface area contributed by atoms with E-state index in [1.807, 2.05) is 0 Å². The molecule has 1 saturated carbocycles. The van der Waals surface area contributed by atoms with Crippen molar-refractivity contribution in [2.75, 3.05) is 19.6 Å². The first kappa shape index (κ1) is 15.0. The maximum Gasteiger partial charge on any atom is 0.00103 e. The Morgan fingerprint density at radius 2 is 1.82 bits per heavy atom. The first-order valence-corrected chi connectivity index (χ1v) is 7.41. The minimum Gasteiger partial charge on any atom is -0.330 e. The molecule has 0 aromatic rings. The summed E-state index contributed by atoms with van der Waals surface area (Å²) in [6, 6.07) is 0. The molecule has 0 bridgehead atoms. The Labute approximate surface area is 108 Å². The molecule has 1 rings (SSSR count). The lowest BCUT2D eigenvalue weighted by Crippen LogP contribution is -2.30. The lowest BCUT2D eigenvalue weighted by Gasteiger charge is -2.22. The molecule has 102 valence electrons. The van der Waals surface area contributed by atoms with Gasteiger partial charge in [-0.25, -0.2) is 0 Å². The molecule has 2 nitrogen and oxygen atoms in total. The summed E-state index contributed by atoms with van der Waals surface area (Å²) in [6.07, 6.45) is 5.35. The Bertz CT molecular complexity index is 207. The van der Waals surface area contributed by atoms with E-state index in [2.05, 4.69) is 33.0 Å². The molecule has 2 heteroatoms. The first-order valence-electron chi connectivity index (χ1n) is 7.41. The molecule has 0 amide bonds. The first-order chi connectivity index (χ1) is 8.00. The maximum absolute atomic E-state index is 5.82. The Hall–Kier alpha value is -0.0800. The van der Waals surface area contributed by atoms with Crippen LogP contribution >= 0.6 is 0 Å². The van der Waals surface area contributed by atoms with Crippen LogP contribution in [0, 0.1) is 23.2 Å². The summed E-state index contributed by atoms with van der Waals surface area (Å²) >= 11 is 0. The van der Waals surface area contributed by atoms with Crippen molar-refractivity contribution >= 4 is 0 Å². The molecule has 0 aromatic carbocycles. The molecular formula is C15H32N2. The van der Waals surface area contributed by atoms with E-state index in [0.29, 0.717) is 11.3 Å². The van der Waals surface area contributed by atoms with E-state index in [-0.39, 0.29) is 0 Å². The second-order valence-corrected chi connectivity index (χ2v) is 6.71. The fraction of sp³-hybridized carbons (Fsp3) is 1.00. The average Bonchev–Trinajstić information content (AvgIpc) is 3.03. The van der Waals surface area contributed by atoms with E-state index in [4.69, 9.17) is 5.73 Å². The lowest BCUT2D eigenvalue weighted by molar-refractivity contribution is 0.324. The predicted octanol–water partition coefficient (Wildman–Crippen LogP) is 3.02. The van der Waals surface area contributed by atoms with Crippen molar-refractivity contribution in [1.29, 1.82) is 0 Å². The van der Waals surface area contributed by atoms with Crippen LogP contribution in [0.1, 0.15) is 53.4 Å². The number of hydrogen-bond acceptors (Lipinski definition) is 2. The molecule has 0 radical (unpaired) electrons. The van der Waals surface area contributed by atoms with Gasteiger partial charge >= 0.3 is 0 Å². The molecular weight excluding hydrogens is 208 g/mol. The molecule has 1 aliphatic carbocycles. The molecule has 0 heterocycles. The van der Waals surface area contributed by atoms with Crippen molar-refractivity contribution in [2.24, 2.45) is 28.9 Å². The molecule has 1 unspecified atom stereocenters. The Morgan fingerprint density at radius 1 is 1.18 bits per heavy atom. The highest BCUT2D eigenvalue weighted by atomic mass is 14.9. The van der Waals surface area contributed by atoms with Crippen LogP contribution in [0.4, 0.5) is 0 Å². The molecule has 1 fully saturated rings. The number of rotatable bonds is 9. The van der Waals surface area contributed by atoms with Crippen molar-refractivity contribution in [2.45, 2.75) is 53.4 Å². The van der Waals surface area contributed by atoms with Gasteiger partial charge in [-0.3, -0.25) is 0 Å². The molecule has 0 spiro atoms. The normalized spacial score (nSPS) is 19.9. The van der Waals surface area contributed by atoms with Crippen molar-refractivity contribution < 1.29 is 0 Å². The Kier molecular flexibility index (Phi) is 5.94. The Morgan fingerprint density at radius 3 is 2.24 bits per heavy atom. The summed E-state index contributed by atoms with van der Waals surface area (Å²) < 4.78 is 0. The van der Waals surface area contributed by atoms with E-state index in [1.54, 1.807) is 0 Å². The van der Waals surface area contributed by atoms with Gasteiger partial charge in [0.25, 0.3) is 0 Å². The van der Waals surface area contributed by atoms with Crippen LogP contribution in [0.25, 0.3) is 0 Å². The van der Waals surface area contributed by atoms with E-state index < -0.39 is 0 Å². The van der Waals surface area contributed by atoms with Crippen LogP contribution in [0.5, 0.6) is 0 Å². The second kappa shape index (κ2) is 6.75. The summed E-state index contributed by atoms with van der Waals surface area (Å²) in [5.41, 5.74) is 6.46. The molecule has 0 aromatic heterocycles. The van der Waals surface area contributed by atoms with Crippen LogP contribution in [0.3, 0.4) is 0 Å². The highest BCUT2D eigenvalue weighted by molar-refractivity contribution is 4.97. The van der Waals surface area contributed by atoms with E-state index in [1.165, 1.54) is 32.2 Å².